The van der Waals surface area contributed by atoms with E-state index in [0.717, 1.165) is 0 Å². The Hall–Kier alpha value is -2.30. The van der Waals surface area contributed by atoms with Crippen LogP contribution in [0.15, 0.2) is 0 Å². The van der Waals surface area contributed by atoms with E-state index in [-0.39, 0.29) is 38.5 Å². The predicted octanol–water partition coefficient (Wildman–Crippen LogP) is -0.972. The highest BCUT2D eigenvalue weighted by Gasteiger charge is 2.28. The van der Waals surface area contributed by atoms with E-state index in [1.807, 2.05) is 0 Å². The maximum Gasteiger partial charge on any atom is 0.333 e. The van der Waals surface area contributed by atoms with Crippen LogP contribution in [0.1, 0.15) is 51.4 Å². The van der Waals surface area contributed by atoms with Crippen molar-refractivity contribution < 1.29 is 54.8 Å². The number of rotatable bonds is 17. The molecule has 0 aromatic rings. The van der Waals surface area contributed by atoms with Gasteiger partial charge in [0.05, 0.1) is 23.3 Å². The number of hydrogen-bond donors (Lipinski definition) is 4. The fraction of sp³-hybridized carbons (Fsp3) is 0.714. The minimum atomic E-state index is -4.54. The highest BCUT2D eigenvalue weighted by Crippen LogP contribution is 2.18. The highest BCUT2D eigenvalue weighted by molar-refractivity contribution is 7.86. The Kier molecular flexibility index (Phi) is 12.8. The molecular formula is C14H24N2O12S2. The third-order valence-corrected chi connectivity index (χ3v) is 6.36. The summed E-state index contributed by atoms with van der Waals surface area (Å²) in [5.41, 5.74) is 3.21. The lowest BCUT2D eigenvalue weighted by Gasteiger charge is -2.14. The first-order valence-electron chi connectivity index (χ1n) is 8.62. The average Bonchev–Trinajstić information content (AvgIpc) is 2.63. The van der Waals surface area contributed by atoms with Gasteiger partial charge in [0.25, 0.3) is 20.2 Å². The first-order chi connectivity index (χ1) is 13.9. The number of hydrogen-bond acceptors (Lipinski definition) is 10. The second-order valence-electron chi connectivity index (χ2n) is 6.09. The molecule has 0 heterocycles. The highest BCUT2D eigenvalue weighted by atomic mass is 32.2. The number of nitrogens with one attached hydrogen (secondary N) is 2. The number of unbranched alkanes of at least 4 members (excludes halogenated alkanes) is 3. The van der Waals surface area contributed by atoms with Crippen LogP contribution in [0.2, 0.25) is 0 Å². The lowest BCUT2D eigenvalue weighted by molar-refractivity contribution is -0.154. The molecule has 0 aliphatic rings. The molecule has 0 rings (SSSR count). The second kappa shape index (κ2) is 13.8. The first kappa shape index (κ1) is 27.7. The third kappa shape index (κ3) is 13.0. The van der Waals surface area contributed by atoms with Crippen molar-refractivity contribution in [3.63, 3.8) is 0 Å². The van der Waals surface area contributed by atoms with E-state index < -0.39 is 55.5 Å². The van der Waals surface area contributed by atoms with E-state index in [1.165, 1.54) is 0 Å². The molecule has 0 aromatic heterocycles. The largest absolute Gasteiger partial charge is 0.341 e. The summed E-state index contributed by atoms with van der Waals surface area (Å²) >= 11 is 0. The Morgan fingerprint density at radius 2 is 1.07 bits per heavy atom. The van der Waals surface area contributed by atoms with E-state index in [4.69, 9.17) is 0 Å². The zero-order valence-electron chi connectivity index (χ0n) is 15.8. The summed E-state index contributed by atoms with van der Waals surface area (Å²) in [6.07, 6.45) is -0.130. The van der Waals surface area contributed by atoms with Gasteiger partial charge in [-0.3, -0.25) is 18.7 Å². The fourth-order valence-corrected chi connectivity index (χ4v) is 4.07. The van der Waals surface area contributed by atoms with E-state index >= 15 is 0 Å². The quantitative estimate of drug-likeness (QED) is 0.0862. The van der Waals surface area contributed by atoms with Crippen LogP contribution >= 0.6 is 0 Å². The predicted molar refractivity (Wildman–Crippen MR) is 98.2 cm³/mol. The lowest BCUT2D eigenvalue weighted by atomic mass is 10.1. The fourth-order valence-electron chi connectivity index (χ4n) is 2.44. The van der Waals surface area contributed by atoms with Gasteiger partial charge in [-0.25, -0.2) is 9.59 Å². The molecule has 2 unspecified atom stereocenters. The van der Waals surface area contributed by atoms with Gasteiger partial charge in [0, 0.05) is 0 Å². The molecule has 0 spiro atoms. The molecule has 0 bridgehead atoms. The number of amides is 2. The standard InChI is InChI=1S/C14H24N2O12S2/c17-9-15-27-13(19)7-11(29(21,22)23)5-3-1-2-4-6-12(30(24,25)26)8-14(20)28-16-10-18/h9-12H,1-8H2,(H,15,17)(H,16,18)(H,21,22,23)(H,24,25,26). The van der Waals surface area contributed by atoms with Gasteiger partial charge >= 0.3 is 11.9 Å². The van der Waals surface area contributed by atoms with Gasteiger partial charge < -0.3 is 9.68 Å². The zero-order valence-corrected chi connectivity index (χ0v) is 17.4. The van der Waals surface area contributed by atoms with Crippen molar-refractivity contribution in [1.82, 2.24) is 11.0 Å². The van der Waals surface area contributed by atoms with E-state index in [2.05, 4.69) is 9.68 Å². The molecule has 30 heavy (non-hydrogen) atoms. The average molecular weight is 476 g/mol. The molecule has 0 aromatic carbocycles. The van der Waals surface area contributed by atoms with Crippen molar-refractivity contribution in [3.8, 4) is 0 Å². The molecule has 14 nitrogen and oxygen atoms in total. The summed E-state index contributed by atoms with van der Waals surface area (Å²) in [5, 5.41) is -2.88. The molecule has 0 fully saturated rings. The van der Waals surface area contributed by atoms with E-state index in [9.17, 15) is 45.1 Å². The van der Waals surface area contributed by atoms with Gasteiger partial charge in [0.15, 0.2) is 0 Å². The summed E-state index contributed by atoms with van der Waals surface area (Å²) in [5.74, 6) is -2.12. The lowest BCUT2D eigenvalue weighted by Crippen LogP contribution is -2.28. The van der Waals surface area contributed by atoms with Gasteiger partial charge in [-0.05, 0) is 12.8 Å². The molecule has 16 heteroatoms. The Balaban J connectivity index is 4.44. The Labute approximate surface area is 173 Å². The van der Waals surface area contributed by atoms with Gasteiger partial charge in [-0.2, -0.15) is 27.8 Å². The van der Waals surface area contributed by atoms with E-state index in [1.54, 1.807) is 11.0 Å². The van der Waals surface area contributed by atoms with Crippen molar-refractivity contribution in [2.45, 2.75) is 61.9 Å². The second-order valence-corrected chi connectivity index (χ2v) is 9.49. The maximum atomic E-state index is 11.4. The summed E-state index contributed by atoms with van der Waals surface area (Å²) < 4.78 is 63.7. The minimum absolute atomic E-state index is 0.0681. The van der Waals surface area contributed by atoms with Gasteiger partial charge in [0.2, 0.25) is 12.8 Å². The molecule has 2 amide bonds. The number of carbonyl (C=O) groups excluding carboxylic acids is 4. The Morgan fingerprint density at radius 3 is 1.33 bits per heavy atom. The molecule has 0 aliphatic carbocycles. The smallest absolute Gasteiger partial charge is 0.333 e. The Bertz CT molecular complexity index is 715. The topological polar surface area (TPSA) is 220 Å². The van der Waals surface area contributed by atoms with Gasteiger partial charge in [-0.1, -0.05) is 25.7 Å². The first-order valence-corrected chi connectivity index (χ1v) is 11.6. The van der Waals surface area contributed by atoms with Crippen LogP contribution in [0.5, 0.6) is 0 Å². The molecule has 4 N–H and O–H groups in total. The van der Waals surface area contributed by atoms with Gasteiger partial charge in [0.1, 0.15) is 0 Å². The third-order valence-electron chi connectivity index (χ3n) is 3.88. The summed E-state index contributed by atoms with van der Waals surface area (Å²) in [7, 11) is -9.09. The summed E-state index contributed by atoms with van der Waals surface area (Å²) in [4.78, 5) is 51.2. The van der Waals surface area contributed by atoms with Crippen LogP contribution in [0.3, 0.4) is 0 Å². The van der Waals surface area contributed by atoms with Crippen LogP contribution in [-0.2, 0) is 49.1 Å². The summed E-state index contributed by atoms with van der Waals surface area (Å²) in [6.45, 7) is 0. The Morgan fingerprint density at radius 1 is 0.733 bits per heavy atom. The molecule has 0 radical (unpaired) electrons. The van der Waals surface area contributed by atoms with Crippen molar-refractivity contribution >= 4 is 45.0 Å². The summed E-state index contributed by atoms with van der Waals surface area (Å²) in [6, 6.07) is 0. The van der Waals surface area contributed by atoms with Crippen LogP contribution in [0.25, 0.3) is 0 Å². The molecule has 0 saturated carbocycles. The van der Waals surface area contributed by atoms with Crippen molar-refractivity contribution in [2.24, 2.45) is 0 Å². The van der Waals surface area contributed by atoms with Gasteiger partial charge in [-0.15, -0.1) is 0 Å². The van der Waals surface area contributed by atoms with Crippen molar-refractivity contribution in [1.29, 1.82) is 0 Å². The van der Waals surface area contributed by atoms with E-state index in [0.29, 0.717) is 12.8 Å². The molecule has 2 atom stereocenters. The molecule has 0 saturated heterocycles. The zero-order chi connectivity index (χ0) is 23.2. The molecule has 0 aliphatic heterocycles. The van der Waals surface area contributed by atoms with Crippen LogP contribution < -0.4 is 11.0 Å². The van der Waals surface area contributed by atoms with Crippen LogP contribution in [0.4, 0.5) is 0 Å². The molecular weight excluding hydrogens is 452 g/mol. The maximum absolute atomic E-state index is 11.4. The van der Waals surface area contributed by atoms with Crippen LogP contribution in [-0.4, -0.2) is 61.2 Å². The SMILES string of the molecule is O=CNOC(=O)CC(CCCCCCC(CC(=O)ONC=O)S(=O)(=O)O)S(=O)(=O)O. The van der Waals surface area contributed by atoms with Crippen molar-refractivity contribution in [2.75, 3.05) is 0 Å². The number of hydroxylamine groups is 2. The minimum Gasteiger partial charge on any atom is -0.341 e. The van der Waals surface area contributed by atoms with Crippen molar-refractivity contribution in [3.05, 3.63) is 0 Å². The van der Waals surface area contributed by atoms with Crippen LogP contribution in [0, 0.1) is 0 Å². The monoisotopic (exact) mass is 476 g/mol. The molecule has 174 valence electrons. The number of carbonyl (C=O) groups is 4. The normalized spacial score (nSPS) is 13.5.